The largest absolute Gasteiger partial charge is 0.478 e. The normalized spacial score (nSPS) is 10.2. The Kier molecular flexibility index (Phi) is 4.66. The van der Waals surface area contributed by atoms with Crippen LogP contribution in [-0.2, 0) is 6.54 Å². The van der Waals surface area contributed by atoms with Crippen molar-refractivity contribution in [2.45, 2.75) is 26.8 Å². The summed E-state index contributed by atoms with van der Waals surface area (Å²) < 4.78 is 5.46. The predicted octanol–water partition coefficient (Wildman–Crippen LogP) is 2.58. The van der Waals surface area contributed by atoms with Crippen LogP contribution in [0.25, 0.3) is 0 Å². The summed E-state index contributed by atoms with van der Waals surface area (Å²) in [6.07, 6.45) is 2.46. The number of ether oxygens (including phenoxy) is 1. The maximum Gasteiger partial charge on any atom is 0.218 e. The molecule has 2 rings (SSSR count). The summed E-state index contributed by atoms with van der Waals surface area (Å²) in [4.78, 5) is 12.6. The maximum absolute atomic E-state index is 5.46. The van der Waals surface area contributed by atoms with Crippen LogP contribution in [0.15, 0.2) is 30.6 Å². The first-order valence-electron chi connectivity index (χ1n) is 6.39. The van der Waals surface area contributed by atoms with Crippen LogP contribution in [0.5, 0.6) is 5.88 Å². The van der Waals surface area contributed by atoms with Crippen molar-refractivity contribution in [3.8, 4) is 5.88 Å². The molecule has 2 aromatic heterocycles. The number of pyridine rings is 1. The van der Waals surface area contributed by atoms with Crippen molar-refractivity contribution in [1.82, 2.24) is 15.0 Å². The Hall–Kier alpha value is -2.17. The zero-order valence-corrected chi connectivity index (χ0v) is 11.3. The first-order chi connectivity index (χ1) is 9.28. The van der Waals surface area contributed by atoms with Crippen LogP contribution in [0.3, 0.4) is 0 Å². The monoisotopic (exact) mass is 258 g/mol. The Labute approximate surface area is 113 Å². The summed E-state index contributed by atoms with van der Waals surface area (Å²) >= 11 is 0. The van der Waals surface area contributed by atoms with E-state index in [9.17, 15) is 0 Å². The average molecular weight is 258 g/mol. The van der Waals surface area contributed by atoms with E-state index < -0.39 is 0 Å². The highest BCUT2D eigenvalue weighted by Crippen LogP contribution is 2.12. The summed E-state index contributed by atoms with van der Waals surface area (Å²) in [6, 6.07) is 7.75. The number of nitrogens with one attached hydrogen (secondary N) is 1. The lowest BCUT2D eigenvalue weighted by molar-refractivity contribution is 0.305. The van der Waals surface area contributed by atoms with Gasteiger partial charge >= 0.3 is 0 Å². The van der Waals surface area contributed by atoms with Crippen LogP contribution in [0.1, 0.15) is 24.7 Å². The molecule has 19 heavy (non-hydrogen) atoms. The minimum Gasteiger partial charge on any atom is -0.478 e. The minimum atomic E-state index is 0.594. The highest BCUT2D eigenvalue weighted by atomic mass is 16.5. The molecule has 0 saturated carbocycles. The Bertz CT molecular complexity index is 530. The second-order valence-electron chi connectivity index (χ2n) is 4.21. The van der Waals surface area contributed by atoms with Crippen molar-refractivity contribution < 1.29 is 4.74 Å². The summed E-state index contributed by atoms with van der Waals surface area (Å²) in [6.45, 7) is 5.33. The molecule has 0 amide bonds. The highest BCUT2D eigenvalue weighted by Gasteiger charge is 2.00. The molecule has 0 aliphatic carbocycles. The van der Waals surface area contributed by atoms with Gasteiger partial charge in [-0.3, -0.25) is 4.98 Å². The molecule has 2 heterocycles. The van der Waals surface area contributed by atoms with E-state index in [4.69, 9.17) is 4.74 Å². The van der Waals surface area contributed by atoms with Crippen LogP contribution in [-0.4, -0.2) is 21.6 Å². The van der Waals surface area contributed by atoms with E-state index in [0.29, 0.717) is 19.0 Å². The number of nitrogens with zero attached hydrogens (tertiary/aromatic N) is 3. The molecule has 100 valence electrons. The fourth-order valence-electron chi connectivity index (χ4n) is 1.60. The van der Waals surface area contributed by atoms with Gasteiger partial charge in [-0.2, -0.15) is 0 Å². The zero-order valence-electron chi connectivity index (χ0n) is 11.3. The Morgan fingerprint density at radius 3 is 2.95 bits per heavy atom. The molecule has 0 saturated heterocycles. The van der Waals surface area contributed by atoms with Gasteiger partial charge in [-0.25, -0.2) is 9.97 Å². The fraction of sp³-hybridized carbons (Fsp3) is 0.357. The van der Waals surface area contributed by atoms with Gasteiger partial charge in [-0.1, -0.05) is 13.0 Å². The van der Waals surface area contributed by atoms with Crippen LogP contribution < -0.4 is 10.1 Å². The smallest absolute Gasteiger partial charge is 0.218 e. The number of aromatic nitrogens is 3. The number of hydrogen-bond acceptors (Lipinski definition) is 5. The van der Waals surface area contributed by atoms with Gasteiger partial charge in [0.1, 0.15) is 12.1 Å². The summed E-state index contributed by atoms with van der Waals surface area (Å²) in [5, 5.41) is 3.21. The van der Waals surface area contributed by atoms with Crippen LogP contribution >= 0.6 is 0 Å². The number of anilines is 1. The number of aryl methyl sites for hydroxylation is 1. The van der Waals surface area contributed by atoms with Crippen LogP contribution in [0, 0.1) is 6.92 Å². The van der Waals surface area contributed by atoms with Crippen molar-refractivity contribution in [2.24, 2.45) is 0 Å². The maximum atomic E-state index is 5.46. The average Bonchev–Trinajstić information content (AvgIpc) is 2.43. The molecule has 0 atom stereocenters. The van der Waals surface area contributed by atoms with E-state index >= 15 is 0 Å². The second-order valence-corrected chi connectivity index (χ2v) is 4.21. The first kappa shape index (κ1) is 13.3. The van der Waals surface area contributed by atoms with E-state index in [1.165, 1.54) is 6.33 Å². The lowest BCUT2D eigenvalue weighted by atomic mass is 10.3. The summed E-state index contributed by atoms with van der Waals surface area (Å²) in [5.41, 5.74) is 1.99. The van der Waals surface area contributed by atoms with Gasteiger partial charge in [-0.15, -0.1) is 0 Å². The van der Waals surface area contributed by atoms with Crippen molar-refractivity contribution in [1.29, 1.82) is 0 Å². The molecule has 0 fully saturated rings. The molecular weight excluding hydrogens is 240 g/mol. The molecule has 0 bridgehead atoms. The van der Waals surface area contributed by atoms with E-state index in [0.717, 1.165) is 23.6 Å². The topological polar surface area (TPSA) is 59.9 Å². The third-order valence-electron chi connectivity index (χ3n) is 2.49. The van der Waals surface area contributed by atoms with E-state index in [1.807, 2.05) is 25.1 Å². The molecule has 0 spiro atoms. The Morgan fingerprint density at radius 1 is 1.26 bits per heavy atom. The van der Waals surface area contributed by atoms with Crippen molar-refractivity contribution in [2.75, 3.05) is 11.9 Å². The third-order valence-corrected chi connectivity index (χ3v) is 2.49. The Morgan fingerprint density at radius 2 is 2.16 bits per heavy atom. The lowest BCUT2D eigenvalue weighted by Gasteiger charge is -2.07. The predicted molar refractivity (Wildman–Crippen MR) is 74.1 cm³/mol. The molecule has 5 heteroatoms. The van der Waals surface area contributed by atoms with E-state index in [1.54, 1.807) is 6.07 Å². The SMILES string of the molecule is CCCOc1cc(NCc2cccc(C)n2)ncn1. The molecule has 1 N–H and O–H groups in total. The molecule has 0 unspecified atom stereocenters. The quantitative estimate of drug-likeness (QED) is 0.863. The van der Waals surface area contributed by atoms with Crippen LogP contribution in [0.2, 0.25) is 0 Å². The van der Waals surface area contributed by atoms with Crippen molar-refractivity contribution in [3.63, 3.8) is 0 Å². The molecule has 2 aromatic rings. The fourth-order valence-corrected chi connectivity index (χ4v) is 1.60. The van der Waals surface area contributed by atoms with E-state index in [2.05, 4.69) is 27.2 Å². The van der Waals surface area contributed by atoms with Crippen LogP contribution in [0.4, 0.5) is 5.82 Å². The molecule has 0 aliphatic heterocycles. The second kappa shape index (κ2) is 6.68. The van der Waals surface area contributed by atoms with Gasteiger partial charge in [0, 0.05) is 11.8 Å². The molecule has 0 radical (unpaired) electrons. The summed E-state index contributed by atoms with van der Waals surface area (Å²) in [5.74, 6) is 1.33. The molecule has 0 aromatic carbocycles. The Balaban J connectivity index is 1.95. The lowest BCUT2D eigenvalue weighted by Crippen LogP contribution is -2.05. The molecule has 5 nitrogen and oxygen atoms in total. The minimum absolute atomic E-state index is 0.594. The number of hydrogen-bond donors (Lipinski definition) is 1. The highest BCUT2D eigenvalue weighted by molar-refractivity contribution is 5.37. The van der Waals surface area contributed by atoms with Crippen molar-refractivity contribution >= 4 is 5.82 Å². The number of rotatable bonds is 6. The van der Waals surface area contributed by atoms with Gasteiger partial charge in [0.2, 0.25) is 5.88 Å². The molecular formula is C14H18N4O. The van der Waals surface area contributed by atoms with E-state index in [-0.39, 0.29) is 0 Å². The van der Waals surface area contributed by atoms with Gasteiger partial charge in [0.25, 0.3) is 0 Å². The zero-order chi connectivity index (χ0) is 13.5. The molecule has 0 aliphatic rings. The van der Waals surface area contributed by atoms with Gasteiger partial charge < -0.3 is 10.1 Å². The standard InChI is InChI=1S/C14H18N4O/c1-3-7-19-14-8-13(16-10-17-14)15-9-12-6-4-5-11(2)18-12/h4-6,8,10H,3,7,9H2,1-2H3,(H,15,16,17). The van der Waals surface area contributed by atoms with Gasteiger partial charge in [-0.05, 0) is 25.5 Å². The third kappa shape index (κ3) is 4.21. The van der Waals surface area contributed by atoms with Gasteiger partial charge in [0.15, 0.2) is 0 Å². The van der Waals surface area contributed by atoms with Gasteiger partial charge in [0.05, 0.1) is 18.8 Å². The summed E-state index contributed by atoms with van der Waals surface area (Å²) in [7, 11) is 0. The van der Waals surface area contributed by atoms with Crippen molar-refractivity contribution in [3.05, 3.63) is 42.0 Å². The first-order valence-corrected chi connectivity index (χ1v) is 6.39.